The minimum absolute atomic E-state index is 0.0563. The van der Waals surface area contributed by atoms with Gasteiger partial charge in [-0.15, -0.1) is 0 Å². The normalized spacial score (nSPS) is 12.1. The third kappa shape index (κ3) is 10.1. The molecule has 5 heteroatoms. The van der Waals surface area contributed by atoms with Crippen LogP contribution >= 0.6 is 0 Å². The van der Waals surface area contributed by atoms with Crippen LogP contribution in [0.5, 0.6) is 0 Å². The standard InChI is InChI=1S/C13H26N2O3/c1-2-11(8-9-14)6-7-12(16)15-10-4-3-5-13(17)18/h11H,2-10,14H2,1H3,(H,15,16)(H,17,18). The summed E-state index contributed by atoms with van der Waals surface area (Å²) in [6.07, 6.45) is 4.96. The molecule has 0 rings (SSSR count). The Kier molecular flexibility index (Phi) is 10.3. The van der Waals surface area contributed by atoms with Crippen LogP contribution in [-0.4, -0.2) is 30.1 Å². The van der Waals surface area contributed by atoms with Gasteiger partial charge in [0.1, 0.15) is 0 Å². The first kappa shape index (κ1) is 16.9. The van der Waals surface area contributed by atoms with Gasteiger partial charge in [-0.1, -0.05) is 13.3 Å². The molecule has 1 amide bonds. The lowest BCUT2D eigenvalue weighted by atomic mass is 9.96. The Morgan fingerprint density at radius 1 is 1.22 bits per heavy atom. The van der Waals surface area contributed by atoms with E-state index in [9.17, 15) is 9.59 Å². The third-order valence-corrected chi connectivity index (χ3v) is 3.07. The summed E-state index contributed by atoms with van der Waals surface area (Å²) in [5.74, 6) is -0.192. The number of carbonyl (C=O) groups excluding carboxylic acids is 1. The number of nitrogens with one attached hydrogen (secondary N) is 1. The highest BCUT2D eigenvalue weighted by Gasteiger charge is 2.08. The van der Waals surface area contributed by atoms with Gasteiger partial charge in [0.05, 0.1) is 0 Å². The average Bonchev–Trinajstić information content (AvgIpc) is 2.33. The molecule has 5 nitrogen and oxygen atoms in total. The van der Waals surface area contributed by atoms with Crippen molar-refractivity contribution in [1.29, 1.82) is 0 Å². The molecule has 1 unspecified atom stereocenters. The Balaban J connectivity index is 3.50. The first-order chi connectivity index (χ1) is 8.60. The van der Waals surface area contributed by atoms with Crippen molar-refractivity contribution in [2.45, 2.75) is 51.9 Å². The molecule has 1 atom stereocenters. The number of aliphatic carboxylic acids is 1. The molecule has 0 radical (unpaired) electrons. The van der Waals surface area contributed by atoms with E-state index >= 15 is 0 Å². The van der Waals surface area contributed by atoms with Crippen LogP contribution in [0.4, 0.5) is 0 Å². The van der Waals surface area contributed by atoms with Crippen LogP contribution in [0.1, 0.15) is 51.9 Å². The molecular formula is C13H26N2O3. The van der Waals surface area contributed by atoms with Crippen molar-refractivity contribution < 1.29 is 14.7 Å². The molecule has 0 aliphatic heterocycles. The maximum atomic E-state index is 11.5. The highest BCUT2D eigenvalue weighted by Crippen LogP contribution is 2.14. The monoisotopic (exact) mass is 258 g/mol. The zero-order chi connectivity index (χ0) is 13.8. The minimum atomic E-state index is -0.783. The Hall–Kier alpha value is -1.10. The number of carboxylic acids is 1. The van der Waals surface area contributed by atoms with E-state index in [-0.39, 0.29) is 12.3 Å². The average molecular weight is 258 g/mol. The number of nitrogens with two attached hydrogens (primary N) is 1. The maximum Gasteiger partial charge on any atom is 0.303 e. The second-order valence-electron chi connectivity index (χ2n) is 4.59. The largest absolute Gasteiger partial charge is 0.481 e. The Morgan fingerprint density at radius 3 is 2.50 bits per heavy atom. The van der Waals surface area contributed by atoms with E-state index in [0.717, 1.165) is 25.7 Å². The quantitative estimate of drug-likeness (QED) is 0.490. The molecule has 0 aromatic carbocycles. The number of unbranched alkanes of at least 4 members (excludes halogenated alkanes) is 1. The van der Waals surface area contributed by atoms with Crippen LogP contribution in [0.3, 0.4) is 0 Å². The zero-order valence-electron chi connectivity index (χ0n) is 11.3. The van der Waals surface area contributed by atoms with E-state index in [1.165, 1.54) is 0 Å². The van der Waals surface area contributed by atoms with Crippen molar-refractivity contribution in [2.75, 3.05) is 13.1 Å². The summed E-state index contributed by atoms with van der Waals surface area (Å²) in [7, 11) is 0. The van der Waals surface area contributed by atoms with Gasteiger partial charge in [0.2, 0.25) is 5.91 Å². The van der Waals surface area contributed by atoms with Crippen LogP contribution in [0.2, 0.25) is 0 Å². The molecule has 0 saturated heterocycles. The van der Waals surface area contributed by atoms with Crippen molar-refractivity contribution in [3.63, 3.8) is 0 Å². The van der Waals surface area contributed by atoms with E-state index in [2.05, 4.69) is 12.2 Å². The van der Waals surface area contributed by atoms with Gasteiger partial charge in [-0.3, -0.25) is 9.59 Å². The van der Waals surface area contributed by atoms with Gasteiger partial charge < -0.3 is 16.2 Å². The first-order valence-corrected chi connectivity index (χ1v) is 6.78. The number of hydrogen-bond donors (Lipinski definition) is 3. The molecule has 0 saturated carbocycles. The van der Waals surface area contributed by atoms with Crippen molar-refractivity contribution >= 4 is 11.9 Å². The fourth-order valence-corrected chi connectivity index (χ4v) is 1.84. The van der Waals surface area contributed by atoms with Crippen molar-refractivity contribution in [3.8, 4) is 0 Å². The van der Waals surface area contributed by atoms with Crippen molar-refractivity contribution in [3.05, 3.63) is 0 Å². The van der Waals surface area contributed by atoms with Crippen LogP contribution in [0, 0.1) is 5.92 Å². The summed E-state index contributed by atoms with van der Waals surface area (Å²) in [5.41, 5.74) is 5.50. The zero-order valence-corrected chi connectivity index (χ0v) is 11.3. The molecule has 0 aromatic rings. The van der Waals surface area contributed by atoms with Gasteiger partial charge in [0, 0.05) is 19.4 Å². The number of carbonyl (C=O) groups is 2. The summed E-state index contributed by atoms with van der Waals surface area (Å²) in [4.78, 5) is 21.8. The maximum absolute atomic E-state index is 11.5. The SMILES string of the molecule is CCC(CCN)CCC(=O)NCCCCC(=O)O. The lowest BCUT2D eigenvalue weighted by molar-refractivity contribution is -0.137. The predicted molar refractivity (Wildman–Crippen MR) is 71.2 cm³/mol. The molecule has 0 bridgehead atoms. The van der Waals surface area contributed by atoms with E-state index < -0.39 is 5.97 Å². The van der Waals surface area contributed by atoms with Crippen LogP contribution in [0.15, 0.2) is 0 Å². The molecule has 0 fully saturated rings. The summed E-state index contributed by atoms with van der Waals surface area (Å²) in [6.45, 7) is 3.36. The highest BCUT2D eigenvalue weighted by atomic mass is 16.4. The van der Waals surface area contributed by atoms with Gasteiger partial charge in [-0.05, 0) is 38.1 Å². The topological polar surface area (TPSA) is 92.4 Å². The van der Waals surface area contributed by atoms with Crippen LogP contribution < -0.4 is 11.1 Å². The Morgan fingerprint density at radius 2 is 1.94 bits per heavy atom. The highest BCUT2D eigenvalue weighted by molar-refractivity contribution is 5.75. The number of hydrogen-bond acceptors (Lipinski definition) is 3. The van der Waals surface area contributed by atoms with Gasteiger partial charge in [0.25, 0.3) is 0 Å². The van der Waals surface area contributed by atoms with E-state index in [4.69, 9.17) is 10.8 Å². The fourth-order valence-electron chi connectivity index (χ4n) is 1.84. The summed E-state index contributed by atoms with van der Waals surface area (Å²) in [5, 5.41) is 11.3. The second-order valence-corrected chi connectivity index (χ2v) is 4.59. The molecule has 0 heterocycles. The van der Waals surface area contributed by atoms with Gasteiger partial charge >= 0.3 is 5.97 Å². The minimum Gasteiger partial charge on any atom is -0.481 e. The third-order valence-electron chi connectivity index (χ3n) is 3.07. The molecule has 0 aliphatic rings. The lowest BCUT2D eigenvalue weighted by Gasteiger charge is -2.13. The second kappa shape index (κ2) is 11.0. The molecule has 18 heavy (non-hydrogen) atoms. The predicted octanol–water partition coefficient (Wildman–Crippen LogP) is 1.51. The fraction of sp³-hybridized carbons (Fsp3) is 0.846. The summed E-state index contributed by atoms with van der Waals surface area (Å²) in [6, 6.07) is 0. The summed E-state index contributed by atoms with van der Waals surface area (Å²) >= 11 is 0. The van der Waals surface area contributed by atoms with Crippen molar-refractivity contribution in [1.82, 2.24) is 5.32 Å². The Labute approximate surface area is 109 Å². The number of carboxylic acid groups (broad SMARTS) is 1. The molecular weight excluding hydrogens is 232 g/mol. The molecule has 0 aliphatic carbocycles. The summed E-state index contributed by atoms with van der Waals surface area (Å²) < 4.78 is 0. The molecule has 106 valence electrons. The lowest BCUT2D eigenvalue weighted by Crippen LogP contribution is -2.25. The van der Waals surface area contributed by atoms with Crippen molar-refractivity contribution in [2.24, 2.45) is 11.7 Å². The van der Waals surface area contributed by atoms with Gasteiger partial charge in [-0.25, -0.2) is 0 Å². The van der Waals surface area contributed by atoms with Crippen LogP contribution in [0.25, 0.3) is 0 Å². The van der Waals surface area contributed by atoms with Gasteiger partial charge in [0.15, 0.2) is 0 Å². The molecule has 0 spiro atoms. The first-order valence-electron chi connectivity index (χ1n) is 6.78. The Bertz CT molecular complexity index is 244. The number of amides is 1. The van der Waals surface area contributed by atoms with E-state index in [0.29, 0.717) is 31.8 Å². The number of rotatable bonds is 11. The van der Waals surface area contributed by atoms with E-state index in [1.54, 1.807) is 0 Å². The smallest absolute Gasteiger partial charge is 0.303 e. The van der Waals surface area contributed by atoms with Gasteiger partial charge in [-0.2, -0.15) is 0 Å². The van der Waals surface area contributed by atoms with Crippen LogP contribution in [-0.2, 0) is 9.59 Å². The van der Waals surface area contributed by atoms with E-state index in [1.807, 2.05) is 0 Å². The molecule has 0 aromatic heterocycles. The molecule has 4 N–H and O–H groups in total.